The van der Waals surface area contributed by atoms with Gasteiger partial charge in [0.25, 0.3) is 0 Å². The highest BCUT2D eigenvalue weighted by Crippen LogP contribution is 2.13. The molecule has 0 atom stereocenters. The van der Waals surface area contributed by atoms with Crippen LogP contribution in [0.25, 0.3) is 5.65 Å². The second-order valence-corrected chi connectivity index (χ2v) is 4.64. The fourth-order valence-electron chi connectivity index (χ4n) is 1.58. The number of anilines is 1. The molecule has 3 aromatic rings. The maximum atomic E-state index is 4.23. The van der Waals surface area contributed by atoms with Crippen molar-refractivity contribution in [3.63, 3.8) is 0 Å². The summed E-state index contributed by atoms with van der Waals surface area (Å²) in [6, 6.07) is 11.8. The van der Waals surface area contributed by atoms with Gasteiger partial charge in [0.2, 0.25) is 0 Å². The van der Waals surface area contributed by atoms with Gasteiger partial charge >= 0.3 is 0 Å². The van der Waals surface area contributed by atoms with Crippen molar-refractivity contribution in [2.24, 2.45) is 0 Å². The molecule has 0 bridgehead atoms. The van der Waals surface area contributed by atoms with Gasteiger partial charge < -0.3 is 5.32 Å². The van der Waals surface area contributed by atoms with Gasteiger partial charge in [-0.3, -0.25) is 0 Å². The average Bonchev–Trinajstić information content (AvgIpc) is 2.84. The van der Waals surface area contributed by atoms with Crippen LogP contribution in [-0.4, -0.2) is 25.3 Å². The smallest absolute Gasteiger partial charge is 0.200 e. The minimum Gasteiger partial charge on any atom is -0.365 e. The predicted octanol–water partition coefficient (Wildman–Crippen LogP) is 1.89. The average molecular weight is 305 g/mol. The van der Waals surface area contributed by atoms with Crippen LogP contribution in [0.3, 0.4) is 0 Å². The van der Waals surface area contributed by atoms with Crippen LogP contribution in [0.4, 0.5) is 5.82 Å². The summed E-state index contributed by atoms with van der Waals surface area (Å²) in [5.74, 6) is 0.731. The van der Waals surface area contributed by atoms with Gasteiger partial charge in [-0.15, -0.1) is 14.8 Å². The van der Waals surface area contributed by atoms with Crippen molar-refractivity contribution in [1.29, 1.82) is 0 Å². The summed E-state index contributed by atoms with van der Waals surface area (Å²) in [6.07, 6.45) is 0. The summed E-state index contributed by atoms with van der Waals surface area (Å²) in [4.78, 5) is 0. The Labute approximate surface area is 111 Å². The first-order valence-electron chi connectivity index (χ1n) is 5.35. The summed E-state index contributed by atoms with van der Waals surface area (Å²) >= 11 is 3.44. The van der Waals surface area contributed by atoms with Gasteiger partial charge in [-0.25, -0.2) is 0 Å². The lowest BCUT2D eigenvalue weighted by atomic mass is 10.2. The Bertz CT molecular complexity index is 680. The quantitative estimate of drug-likeness (QED) is 0.800. The molecule has 0 fully saturated rings. The SMILES string of the molecule is Brc1cccc(CNc2ccc3nnnn3n2)c1. The van der Waals surface area contributed by atoms with Gasteiger partial charge in [0, 0.05) is 11.0 Å². The molecule has 18 heavy (non-hydrogen) atoms. The Morgan fingerprint density at radius 3 is 3.06 bits per heavy atom. The van der Waals surface area contributed by atoms with Crippen molar-refractivity contribution in [3.8, 4) is 0 Å². The van der Waals surface area contributed by atoms with E-state index in [0.29, 0.717) is 12.2 Å². The van der Waals surface area contributed by atoms with E-state index in [1.165, 1.54) is 10.2 Å². The van der Waals surface area contributed by atoms with E-state index in [4.69, 9.17) is 0 Å². The molecule has 1 N–H and O–H groups in total. The van der Waals surface area contributed by atoms with Gasteiger partial charge in [0.1, 0.15) is 5.82 Å². The lowest BCUT2D eigenvalue weighted by molar-refractivity contribution is 0.734. The van der Waals surface area contributed by atoms with E-state index >= 15 is 0 Å². The van der Waals surface area contributed by atoms with E-state index in [1.807, 2.05) is 30.3 Å². The molecular formula is C11H9BrN6. The van der Waals surface area contributed by atoms with Crippen molar-refractivity contribution >= 4 is 27.4 Å². The van der Waals surface area contributed by atoms with E-state index in [0.717, 1.165) is 10.3 Å². The van der Waals surface area contributed by atoms with Crippen molar-refractivity contribution in [1.82, 2.24) is 25.3 Å². The molecule has 6 nitrogen and oxygen atoms in total. The topological polar surface area (TPSA) is 68.0 Å². The van der Waals surface area contributed by atoms with E-state index in [-0.39, 0.29) is 0 Å². The lowest BCUT2D eigenvalue weighted by Crippen LogP contribution is -2.04. The fourth-order valence-corrected chi connectivity index (χ4v) is 2.03. The molecule has 0 radical (unpaired) electrons. The molecule has 2 heterocycles. The Morgan fingerprint density at radius 1 is 1.22 bits per heavy atom. The maximum Gasteiger partial charge on any atom is 0.200 e. The number of fused-ring (bicyclic) bond motifs is 1. The molecule has 0 aliphatic rings. The van der Waals surface area contributed by atoms with E-state index in [2.05, 4.69) is 47.9 Å². The molecule has 90 valence electrons. The first-order chi connectivity index (χ1) is 8.81. The first-order valence-corrected chi connectivity index (χ1v) is 6.14. The third-order valence-corrected chi connectivity index (χ3v) is 2.93. The van der Waals surface area contributed by atoms with E-state index in [9.17, 15) is 0 Å². The third-order valence-electron chi connectivity index (χ3n) is 2.43. The lowest BCUT2D eigenvalue weighted by Gasteiger charge is -2.05. The summed E-state index contributed by atoms with van der Waals surface area (Å²) in [7, 11) is 0. The summed E-state index contributed by atoms with van der Waals surface area (Å²) in [5.41, 5.74) is 1.80. The molecule has 0 amide bonds. The Kier molecular flexibility index (Phi) is 2.89. The number of benzene rings is 1. The zero-order chi connectivity index (χ0) is 12.4. The molecule has 0 unspecified atom stereocenters. The normalized spacial score (nSPS) is 10.7. The van der Waals surface area contributed by atoms with Gasteiger partial charge in [-0.1, -0.05) is 28.1 Å². The van der Waals surface area contributed by atoms with Gasteiger partial charge in [0.15, 0.2) is 5.65 Å². The van der Waals surface area contributed by atoms with Gasteiger partial charge in [0.05, 0.1) is 0 Å². The van der Waals surface area contributed by atoms with Gasteiger partial charge in [-0.2, -0.15) is 0 Å². The monoisotopic (exact) mass is 304 g/mol. The van der Waals surface area contributed by atoms with E-state index in [1.54, 1.807) is 0 Å². The second kappa shape index (κ2) is 4.69. The number of rotatable bonds is 3. The number of hydrogen-bond acceptors (Lipinski definition) is 5. The van der Waals surface area contributed by atoms with Crippen molar-refractivity contribution < 1.29 is 0 Å². The molecule has 3 rings (SSSR count). The maximum absolute atomic E-state index is 4.23. The number of tetrazole rings is 1. The number of hydrogen-bond donors (Lipinski definition) is 1. The van der Waals surface area contributed by atoms with E-state index < -0.39 is 0 Å². The summed E-state index contributed by atoms with van der Waals surface area (Å²) < 4.78 is 2.45. The Hall–Kier alpha value is -2.02. The van der Waals surface area contributed by atoms with Crippen LogP contribution in [0.5, 0.6) is 0 Å². The van der Waals surface area contributed by atoms with Crippen molar-refractivity contribution in [2.45, 2.75) is 6.54 Å². The molecule has 1 aromatic carbocycles. The largest absolute Gasteiger partial charge is 0.365 e. The number of nitrogens with zero attached hydrogens (tertiary/aromatic N) is 5. The Morgan fingerprint density at radius 2 is 2.17 bits per heavy atom. The standard InChI is InChI=1S/C11H9BrN6/c12-9-3-1-2-8(6-9)7-13-10-4-5-11-14-16-17-18(11)15-10/h1-6H,7H2,(H,13,15). The number of nitrogens with one attached hydrogen (secondary N) is 1. The minimum atomic E-state index is 0.628. The van der Waals surface area contributed by atoms with Crippen molar-refractivity contribution in [3.05, 3.63) is 46.4 Å². The summed E-state index contributed by atoms with van der Waals surface area (Å²) in [6.45, 7) is 0.695. The van der Waals surface area contributed by atoms with Crippen molar-refractivity contribution in [2.75, 3.05) is 5.32 Å². The number of aromatic nitrogens is 5. The summed E-state index contributed by atoms with van der Waals surface area (Å²) in [5, 5.41) is 18.5. The van der Waals surface area contributed by atoms with Crippen LogP contribution in [0, 0.1) is 0 Å². The predicted molar refractivity (Wildman–Crippen MR) is 70.0 cm³/mol. The molecule has 0 aliphatic carbocycles. The molecule has 0 aliphatic heterocycles. The highest BCUT2D eigenvalue weighted by Gasteiger charge is 2.00. The number of halogens is 1. The third kappa shape index (κ3) is 2.30. The van der Waals surface area contributed by atoms with Crippen LogP contribution in [-0.2, 0) is 6.54 Å². The molecule has 0 spiro atoms. The first kappa shape index (κ1) is 11.1. The molecule has 7 heteroatoms. The van der Waals surface area contributed by atoms with Gasteiger partial charge in [-0.05, 0) is 40.3 Å². The van der Waals surface area contributed by atoms with Crippen LogP contribution in [0.15, 0.2) is 40.9 Å². The zero-order valence-corrected chi connectivity index (χ0v) is 10.9. The minimum absolute atomic E-state index is 0.628. The van der Waals surface area contributed by atoms with Crippen LogP contribution >= 0.6 is 15.9 Å². The highest BCUT2D eigenvalue weighted by atomic mass is 79.9. The molecular weight excluding hydrogens is 296 g/mol. The highest BCUT2D eigenvalue weighted by molar-refractivity contribution is 9.10. The van der Waals surface area contributed by atoms with Crippen LogP contribution in [0.2, 0.25) is 0 Å². The Balaban J connectivity index is 1.76. The molecule has 2 aromatic heterocycles. The second-order valence-electron chi connectivity index (χ2n) is 3.73. The zero-order valence-electron chi connectivity index (χ0n) is 9.29. The molecule has 0 saturated heterocycles. The fraction of sp³-hybridized carbons (Fsp3) is 0.0909. The van der Waals surface area contributed by atoms with Crippen LogP contribution < -0.4 is 5.32 Å². The van der Waals surface area contributed by atoms with Crippen LogP contribution in [0.1, 0.15) is 5.56 Å². The molecule has 0 saturated carbocycles.